The summed E-state index contributed by atoms with van der Waals surface area (Å²) in [5.41, 5.74) is -0.0467. The second-order valence-electron chi connectivity index (χ2n) is 12.1. The Bertz CT molecular complexity index is 1370. The Kier molecular flexibility index (Phi) is 7.10. The molecule has 3 aliphatic carbocycles. The average Bonchev–Trinajstić information content (AvgIpc) is 3.38. The molecule has 3 N–H and O–H groups in total. The number of anilines is 1. The number of rotatable bonds is 4. The first kappa shape index (κ1) is 27.5. The van der Waals surface area contributed by atoms with Crippen LogP contribution in [-0.4, -0.2) is 28.9 Å². The van der Waals surface area contributed by atoms with E-state index in [-0.39, 0.29) is 28.4 Å². The summed E-state index contributed by atoms with van der Waals surface area (Å²) in [4.78, 5) is 40.0. The molecule has 2 aromatic rings. The van der Waals surface area contributed by atoms with Gasteiger partial charge >= 0.3 is 5.97 Å². The molecule has 2 amide bonds. The van der Waals surface area contributed by atoms with Crippen molar-refractivity contribution in [3.8, 4) is 0 Å². The molecule has 2 spiro atoms. The quantitative estimate of drug-likeness (QED) is 0.365. The molecule has 1 aliphatic heterocycles. The van der Waals surface area contributed by atoms with Crippen LogP contribution in [0.1, 0.15) is 81.3 Å². The minimum atomic E-state index is -1.16. The second-order valence-corrected chi connectivity index (χ2v) is 13.0. The Hall–Kier alpha value is -2.64. The van der Waals surface area contributed by atoms with Crippen LogP contribution in [0, 0.1) is 23.1 Å². The van der Waals surface area contributed by atoms with Crippen molar-refractivity contribution in [1.82, 2.24) is 5.32 Å². The minimum absolute atomic E-state index is 0.0434. The predicted molar refractivity (Wildman–Crippen MR) is 151 cm³/mol. The monoisotopic (exact) mass is 586 g/mol. The summed E-state index contributed by atoms with van der Waals surface area (Å²) in [5, 5.41) is 16.1. The Morgan fingerprint density at radius 1 is 1.02 bits per heavy atom. The molecule has 212 valence electrons. The Balaban J connectivity index is 1.48. The number of hydrogen-bond acceptors (Lipinski definition) is 3. The summed E-state index contributed by atoms with van der Waals surface area (Å²) in [7, 11) is 0. The minimum Gasteiger partial charge on any atom is -0.481 e. The third kappa shape index (κ3) is 4.14. The van der Waals surface area contributed by atoms with Crippen molar-refractivity contribution >= 4 is 46.7 Å². The van der Waals surface area contributed by atoms with E-state index in [1.165, 1.54) is 6.07 Å². The molecule has 3 saturated carbocycles. The second kappa shape index (κ2) is 10.3. The van der Waals surface area contributed by atoms with Crippen LogP contribution in [0.2, 0.25) is 10.0 Å². The summed E-state index contributed by atoms with van der Waals surface area (Å²) in [5.74, 6) is -3.67. The van der Waals surface area contributed by atoms with Crippen molar-refractivity contribution in [1.29, 1.82) is 0 Å². The van der Waals surface area contributed by atoms with E-state index in [0.29, 0.717) is 42.8 Å². The molecule has 0 unspecified atom stereocenters. The van der Waals surface area contributed by atoms with Gasteiger partial charge in [0.15, 0.2) is 0 Å². The smallest absolute Gasteiger partial charge is 0.306 e. The molecular formula is C31H33Cl2FN2O4. The van der Waals surface area contributed by atoms with Crippen molar-refractivity contribution in [2.45, 2.75) is 81.6 Å². The number of carbonyl (C=O) groups is 3. The number of aliphatic carboxylic acids is 1. The van der Waals surface area contributed by atoms with Crippen LogP contribution in [0.15, 0.2) is 36.4 Å². The molecule has 4 aliphatic rings. The number of hydrogen-bond donors (Lipinski definition) is 3. The number of amides is 2. The van der Waals surface area contributed by atoms with E-state index in [9.17, 15) is 19.5 Å². The van der Waals surface area contributed by atoms with Crippen LogP contribution < -0.4 is 10.6 Å². The van der Waals surface area contributed by atoms with E-state index in [0.717, 1.165) is 37.7 Å². The van der Waals surface area contributed by atoms with Crippen LogP contribution >= 0.6 is 23.2 Å². The van der Waals surface area contributed by atoms with Crippen LogP contribution in [-0.2, 0) is 19.8 Å². The summed E-state index contributed by atoms with van der Waals surface area (Å²) in [6, 6.07) is 10.0. The van der Waals surface area contributed by atoms with Gasteiger partial charge in [0.1, 0.15) is 5.82 Å². The molecule has 6 nitrogen and oxygen atoms in total. The molecule has 2 aromatic carbocycles. The molecule has 9 heteroatoms. The van der Waals surface area contributed by atoms with E-state index >= 15 is 4.39 Å². The number of fused-ring (bicyclic) bond motifs is 3. The maximum Gasteiger partial charge on any atom is 0.306 e. The summed E-state index contributed by atoms with van der Waals surface area (Å²) in [6.07, 6.45) is 7.02. The first-order chi connectivity index (χ1) is 19.2. The van der Waals surface area contributed by atoms with E-state index in [4.69, 9.17) is 23.2 Å². The van der Waals surface area contributed by atoms with Gasteiger partial charge in [-0.1, -0.05) is 60.7 Å². The van der Waals surface area contributed by atoms with Gasteiger partial charge in [0, 0.05) is 28.6 Å². The molecule has 0 aromatic heterocycles. The van der Waals surface area contributed by atoms with Crippen molar-refractivity contribution < 1.29 is 23.9 Å². The highest BCUT2D eigenvalue weighted by atomic mass is 35.5. The van der Waals surface area contributed by atoms with Gasteiger partial charge in [0.25, 0.3) is 0 Å². The molecule has 40 heavy (non-hydrogen) atoms. The van der Waals surface area contributed by atoms with Gasteiger partial charge in [0.05, 0.1) is 16.4 Å². The van der Waals surface area contributed by atoms with E-state index in [1.807, 2.05) is 6.07 Å². The Labute approximate surface area is 243 Å². The number of carboxylic acids is 1. The lowest BCUT2D eigenvalue weighted by Gasteiger charge is -2.47. The largest absolute Gasteiger partial charge is 0.481 e. The first-order valence-corrected chi connectivity index (χ1v) is 15.0. The SMILES string of the molecule is O=C(O)C1CCC(NC(=O)[C@@H]2CC3(CCCCC3)[C@@]3(C(=O)Nc4cc(Cl)ccc43)[C@H]2c2cccc(Cl)c2F)CC1. The molecule has 3 atom stereocenters. The van der Waals surface area contributed by atoms with Gasteiger partial charge in [-0.25, -0.2) is 4.39 Å². The number of carboxylic acid groups (broad SMARTS) is 1. The van der Waals surface area contributed by atoms with Gasteiger partial charge in [-0.3, -0.25) is 14.4 Å². The summed E-state index contributed by atoms with van der Waals surface area (Å²) < 4.78 is 16.0. The number of carbonyl (C=O) groups excluding carboxylic acids is 2. The highest BCUT2D eigenvalue weighted by molar-refractivity contribution is 6.31. The predicted octanol–water partition coefficient (Wildman–Crippen LogP) is 6.84. The van der Waals surface area contributed by atoms with E-state index in [2.05, 4.69) is 10.6 Å². The lowest BCUT2D eigenvalue weighted by molar-refractivity contribution is -0.142. The maximum atomic E-state index is 16.0. The Morgan fingerprint density at radius 3 is 2.45 bits per heavy atom. The molecular weight excluding hydrogens is 554 g/mol. The van der Waals surface area contributed by atoms with Crippen molar-refractivity contribution in [2.24, 2.45) is 17.3 Å². The van der Waals surface area contributed by atoms with Crippen LogP contribution in [0.25, 0.3) is 0 Å². The van der Waals surface area contributed by atoms with Crippen molar-refractivity contribution in [3.05, 3.63) is 63.4 Å². The van der Waals surface area contributed by atoms with Gasteiger partial charge in [-0.05, 0) is 79.7 Å². The highest BCUT2D eigenvalue weighted by Gasteiger charge is 2.72. The fourth-order valence-electron chi connectivity index (χ4n) is 8.55. The van der Waals surface area contributed by atoms with E-state index in [1.54, 1.807) is 24.3 Å². The van der Waals surface area contributed by atoms with Crippen LogP contribution in [0.4, 0.5) is 10.1 Å². The van der Waals surface area contributed by atoms with Crippen LogP contribution in [0.5, 0.6) is 0 Å². The molecule has 3 fully saturated rings. The number of halogens is 3. The van der Waals surface area contributed by atoms with E-state index < -0.39 is 40.4 Å². The summed E-state index contributed by atoms with van der Waals surface area (Å²) >= 11 is 12.6. The van der Waals surface area contributed by atoms with Gasteiger partial charge in [-0.2, -0.15) is 0 Å². The lowest BCUT2D eigenvalue weighted by Crippen LogP contribution is -2.51. The van der Waals surface area contributed by atoms with Crippen molar-refractivity contribution in [3.63, 3.8) is 0 Å². The Morgan fingerprint density at radius 2 is 1.75 bits per heavy atom. The topological polar surface area (TPSA) is 95.5 Å². The zero-order valence-electron chi connectivity index (χ0n) is 22.2. The molecule has 6 rings (SSSR count). The standard InChI is InChI=1S/C31H33Cl2FN2O4/c32-18-9-12-22-24(15-18)36-29(40)31(22)25(20-5-4-6-23(33)26(20)34)21(16-30(31)13-2-1-3-14-30)27(37)35-19-10-7-17(8-11-19)28(38)39/h4-6,9,12,15,17,19,21,25H,1-3,7-8,10-11,13-14,16H2,(H,35,37)(H,36,40)(H,38,39)/t17?,19?,21-,25+,31-/m1/s1. The molecule has 0 radical (unpaired) electrons. The first-order valence-electron chi connectivity index (χ1n) is 14.3. The number of benzene rings is 2. The third-order valence-electron chi connectivity index (χ3n) is 10.2. The van der Waals surface area contributed by atoms with Gasteiger partial charge in [-0.15, -0.1) is 0 Å². The summed E-state index contributed by atoms with van der Waals surface area (Å²) in [6.45, 7) is 0. The molecule has 1 heterocycles. The van der Waals surface area contributed by atoms with Gasteiger partial charge < -0.3 is 15.7 Å². The highest BCUT2D eigenvalue weighted by Crippen LogP contribution is 2.71. The lowest BCUT2D eigenvalue weighted by atomic mass is 9.53. The molecule has 0 bridgehead atoms. The third-order valence-corrected chi connectivity index (χ3v) is 10.7. The maximum absolute atomic E-state index is 16.0. The fourth-order valence-corrected chi connectivity index (χ4v) is 8.90. The normalized spacial score (nSPS) is 30.7. The molecule has 0 saturated heterocycles. The average molecular weight is 588 g/mol. The zero-order valence-corrected chi connectivity index (χ0v) is 23.7. The van der Waals surface area contributed by atoms with Crippen molar-refractivity contribution in [2.75, 3.05) is 5.32 Å². The fraction of sp³-hybridized carbons (Fsp3) is 0.516. The zero-order chi connectivity index (χ0) is 28.2. The van der Waals surface area contributed by atoms with Gasteiger partial charge in [0.2, 0.25) is 11.8 Å². The number of nitrogens with one attached hydrogen (secondary N) is 2. The van der Waals surface area contributed by atoms with Crippen LogP contribution in [0.3, 0.4) is 0 Å².